The first-order valence-corrected chi connectivity index (χ1v) is 6.76. The molecule has 0 saturated heterocycles. The molecule has 0 aromatic heterocycles. The van der Waals surface area contributed by atoms with Crippen LogP contribution in [0, 0.1) is 0 Å². The molecular weight excluding hydrogens is 258 g/mol. The highest BCUT2D eigenvalue weighted by Crippen LogP contribution is 2.29. The average Bonchev–Trinajstić information content (AvgIpc) is 2.46. The molecule has 0 aliphatic heterocycles. The maximum atomic E-state index is 11.9. The molecule has 1 rings (SSSR count). The molecule has 0 fully saturated rings. The summed E-state index contributed by atoms with van der Waals surface area (Å²) in [6, 6.07) is 5.24. The van der Waals surface area contributed by atoms with Crippen molar-refractivity contribution in [1.82, 2.24) is 5.32 Å². The van der Waals surface area contributed by atoms with Crippen LogP contribution in [0.5, 0.6) is 11.5 Å². The van der Waals surface area contributed by atoms with E-state index in [1.807, 2.05) is 13.8 Å². The fourth-order valence-electron chi connectivity index (χ4n) is 1.62. The second-order valence-electron chi connectivity index (χ2n) is 4.72. The van der Waals surface area contributed by atoms with Crippen molar-refractivity contribution in [2.75, 3.05) is 7.11 Å². The lowest BCUT2D eigenvalue weighted by atomic mass is 10.2. The van der Waals surface area contributed by atoms with Gasteiger partial charge < -0.3 is 19.9 Å². The number of rotatable bonds is 7. The predicted octanol–water partition coefficient (Wildman–Crippen LogP) is 1.87. The minimum atomic E-state index is -0.633. The van der Waals surface area contributed by atoms with Gasteiger partial charge in [0, 0.05) is 6.04 Å². The number of aliphatic hydroxyl groups is 1. The maximum Gasteiger partial charge on any atom is 0.260 e. The Hall–Kier alpha value is -1.75. The standard InChI is InChI=1S/C15H23NO4/c1-5-10(2)16-15(18)11(3)20-14-8-12(9-17)6-7-13(14)19-4/h6-8,10-11,17H,5,9H2,1-4H3,(H,16,18). The minimum Gasteiger partial charge on any atom is -0.493 e. The number of nitrogens with one attached hydrogen (secondary N) is 1. The van der Waals surface area contributed by atoms with Crippen LogP contribution >= 0.6 is 0 Å². The van der Waals surface area contributed by atoms with Gasteiger partial charge in [0.1, 0.15) is 0 Å². The maximum absolute atomic E-state index is 11.9. The number of ether oxygens (including phenoxy) is 2. The summed E-state index contributed by atoms with van der Waals surface area (Å²) in [5, 5.41) is 12.0. The number of carbonyl (C=O) groups is 1. The number of hydrogen-bond acceptors (Lipinski definition) is 4. The van der Waals surface area contributed by atoms with E-state index in [-0.39, 0.29) is 18.6 Å². The van der Waals surface area contributed by atoms with Crippen molar-refractivity contribution in [2.45, 2.75) is 45.9 Å². The Balaban J connectivity index is 2.78. The first kappa shape index (κ1) is 16.3. The smallest absolute Gasteiger partial charge is 0.260 e. The van der Waals surface area contributed by atoms with Crippen molar-refractivity contribution in [3.05, 3.63) is 23.8 Å². The lowest BCUT2D eigenvalue weighted by molar-refractivity contribution is -0.127. The molecule has 1 aromatic carbocycles. The van der Waals surface area contributed by atoms with Crippen LogP contribution in [-0.2, 0) is 11.4 Å². The van der Waals surface area contributed by atoms with Gasteiger partial charge in [-0.25, -0.2) is 0 Å². The fourth-order valence-corrected chi connectivity index (χ4v) is 1.62. The number of carbonyl (C=O) groups excluding carboxylic acids is 1. The highest BCUT2D eigenvalue weighted by Gasteiger charge is 2.18. The molecule has 20 heavy (non-hydrogen) atoms. The molecule has 5 nitrogen and oxygen atoms in total. The third-order valence-corrected chi connectivity index (χ3v) is 3.08. The molecule has 0 heterocycles. The Kier molecular flexibility index (Phi) is 6.31. The first-order valence-electron chi connectivity index (χ1n) is 6.76. The van der Waals surface area contributed by atoms with Crippen molar-refractivity contribution < 1.29 is 19.4 Å². The van der Waals surface area contributed by atoms with E-state index >= 15 is 0 Å². The van der Waals surface area contributed by atoms with E-state index in [1.165, 1.54) is 7.11 Å². The van der Waals surface area contributed by atoms with Crippen molar-refractivity contribution in [2.24, 2.45) is 0 Å². The van der Waals surface area contributed by atoms with Crippen LogP contribution in [0.15, 0.2) is 18.2 Å². The topological polar surface area (TPSA) is 67.8 Å². The molecule has 5 heteroatoms. The van der Waals surface area contributed by atoms with Gasteiger partial charge in [-0.15, -0.1) is 0 Å². The van der Waals surface area contributed by atoms with Crippen LogP contribution < -0.4 is 14.8 Å². The Labute approximate surface area is 119 Å². The highest BCUT2D eigenvalue weighted by atomic mass is 16.5. The normalized spacial score (nSPS) is 13.4. The minimum absolute atomic E-state index is 0.0895. The molecule has 1 amide bonds. The predicted molar refractivity (Wildman–Crippen MR) is 76.9 cm³/mol. The van der Waals surface area contributed by atoms with Gasteiger partial charge in [0.25, 0.3) is 5.91 Å². The van der Waals surface area contributed by atoms with Crippen molar-refractivity contribution in [3.8, 4) is 11.5 Å². The van der Waals surface area contributed by atoms with Crippen LogP contribution in [0.25, 0.3) is 0 Å². The number of benzene rings is 1. The Bertz CT molecular complexity index is 447. The average molecular weight is 281 g/mol. The van der Waals surface area contributed by atoms with Gasteiger partial charge in [0.15, 0.2) is 17.6 Å². The van der Waals surface area contributed by atoms with Gasteiger partial charge in [-0.3, -0.25) is 4.79 Å². The van der Waals surface area contributed by atoms with Crippen molar-refractivity contribution in [1.29, 1.82) is 0 Å². The number of methoxy groups -OCH3 is 1. The summed E-state index contributed by atoms with van der Waals surface area (Å²) in [5.74, 6) is 0.812. The molecule has 2 unspecified atom stereocenters. The van der Waals surface area contributed by atoms with Gasteiger partial charge in [-0.2, -0.15) is 0 Å². The molecule has 0 aliphatic carbocycles. The van der Waals surface area contributed by atoms with E-state index in [0.29, 0.717) is 17.1 Å². The molecule has 0 saturated carbocycles. The Morgan fingerprint density at radius 2 is 2.05 bits per heavy atom. The summed E-state index contributed by atoms with van der Waals surface area (Å²) in [4.78, 5) is 11.9. The summed E-state index contributed by atoms with van der Waals surface area (Å²) in [6.07, 6.45) is 0.230. The van der Waals surface area contributed by atoms with Gasteiger partial charge in [-0.05, 0) is 38.0 Å². The molecule has 1 aromatic rings. The highest BCUT2D eigenvalue weighted by molar-refractivity contribution is 5.81. The zero-order chi connectivity index (χ0) is 15.1. The summed E-state index contributed by atoms with van der Waals surface area (Å²) in [7, 11) is 1.53. The third kappa shape index (κ3) is 4.42. The van der Waals surface area contributed by atoms with E-state index in [9.17, 15) is 4.79 Å². The van der Waals surface area contributed by atoms with E-state index in [0.717, 1.165) is 6.42 Å². The monoisotopic (exact) mass is 281 g/mol. The molecule has 2 atom stereocenters. The lowest BCUT2D eigenvalue weighted by Crippen LogP contribution is -2.41. The van der Waals surface area contributed by atoms with Gasteiger partial charge >= 0.3 is 0 Å². The van der Waals surface area contributed by atoms with E-state index in [2.05, 4.69) is 5.32 Å². The second-order valence-corrected chi connectivity index (χ2v) is 4.72. The number of hydrogen-bond donors (Lipinski definition) is 2. The van der Waals surface area contributed by atoms with Crippen LogP contribution in [0.3, 0.4) is 0 Å². The summed E-state index contributed by atoms with van der Waals surface area (Å²) >= 11 is 0. The Morgan fingerprint density at radius 1 is 1.35 bits per heavy atom. The van der Waals surface area contributed by atoms with E-state index in [1.54, 1.807) is 25.1 Å². The molecule has 0 bridgehead atoms. The summed E-state index contributed by atoms with van der Waals surface area (Å²) < 4.78 is 10.8. The van der Waals surface area contributed by atoms with Crippen LogP contribution in [-0.4, -0.2) is 30.3 Å². The van der Waals surface area contributed by atoms with Crippen LogP contribution in [0.4, 0.5) is 0 Å². The van der Waals surface area contributed by atoms with Gasteiger partial charge in [-0.1, -0.05) is 13.0 Å². The quantitative estimate of drug-likeness (QED) is 0.800. The van der Waals surface area contributed by atoms with Crippen LogP contribution in [0.1, 0.15) is 32.8 Å². The fraction of sp³-hybridized carbons (Fsp3) is 0.533. The molecular formula is C15H23NO4. The molecule has 0 aliphatic rings. The molecule has 0 radical (unpaired) electrons. The third-order valence-electron chi connectivity index (χ3n) is 3.08. The van der Waals surface area contributed by atoms with E-state index in [4.69, 9.17) is 14.6 Å². The number of aliphatic hydroxyl groups excluding tert-OH is 1. The largest absolute Gasteiger partial charge is 0.493 e. The molecule has 112 valence electrons. The zero-order valence-corrected chi connectivity index (χ0v) is 12.5. The second kappa shape index (κ2) is 7.75. The Morgan fingerprint density at radius 3 is 2.60 bits per heavy atom. The zero-order valence-electron chi connectivity index (χ0n) is 12.5. The first-order chi connectivity index (χ1) is 9.51. The summed E-state index contributed by atoms with van der Waals surface area (Å²) in [5.41, 5.74) is 0.704. The molecule has 2 N–H and O–H groups in total. The van der Waals surface area contributed by atoms with Gasteiger partial charge in [0.05, 0.1) is 13.7 Å². The van der Waals surface area contributed by atoms with Gasteiger partial charge in [0.2, 0.25) is 0 Å². The molecule has 0 spiro atoms. The lowest BCUT2D eigenvalue weighted by Gasteiger charge is -2.19. The van der Waals surface area contributed by atoms with Crippen LogP contribution in [0.2, 0.25) is 0 Å². The number of amides is 1. The van der Waals surface area contributed by atoms with E-state index < -0.39 is 6.10 Å². The SMILES string of the molecule is CCC(C)NC(=O)C(C)Oc1cc(CO)ccc1OC. The van der Waals surface area contributed by atoms with Crippen molar-refractivity contribution >= 4 is 5.91 Å². The summed E-state index contributed by atoms with van der Waals surface area (Å²) in [6.45, 7) is 5.54. The van der Waals surface area contributed by atoms with Crippen molar-refractivity contribution in [3.63, 3.8) is 0 Å².